The van der Waals surface area contributed by atoms with Gasteiger partial charge in [0, 0.05) is 44.5 Å². The molecule has 0 aromatic heterocycles. The van der Waals surface area contributed by atoms with E-state index in [9.17, 15) is 39.6 Å². The summed E-state index contributed by atoms with van der Waals surface area (Å²) in [5.41, 5.74) is 1.33. The van der Waals surface area contributed by atoms with E-state index in [4.69, 9.17) is 9.47 Å². The molecule has 12 nitrogen and oxygen atoms in total. The zero-order valence-corrected chi connectivity index (χ0v) is 33.9. The third-order valence-electron chi connectivity index (χ3n) is 10.7. The number of hydrogen-bond acceptors (Lipinski definition) is 10. The molecule has 2 heterocycles. The van der Waals surface area contributed by atoms with Crippen LogP contribution in [0.5, 0.6) is 11.5 Å². The number of phenolic OH excluding ortho intramolecular Hbond substituents is 2. The van der Waals surface area contributed by atoms with Gasteiger partial charge in [0.2, 0.25) is 5.91 Å². The molecule has 58 heavy (non-hydrogen) atoms. The molecule has 5 N–H and O–H groups in total. The van der Waals surface area contributed by atoms with E-state index in [2.05, 4.69) is 12.2 Å². The highest BCUT2D eigenvalue weighted by atomic mass is 16.5. The fourth-order valence-electron chi connectivity index (χ4n) is 6.98. The van der Waals surface area contributed by atoms with Crippen LogP contribution >= 0.6 is 0 Å². The summed E-state index contributed by atoms with van der Waals surface area (Å²) in [6.07, 6.45) is 16.1. The summed E-state index contributed by atoms with van der Waals surface area (Å²) in [6, 6.07) is 8.92. The van der Waals surface area contributed by atoms with E-state index in [1.165, 1.54) is 24.5 Å². The molecule has 0 bridgehead atoms. The van der Waals surface area contributed by atoms with Gasteiger partial charge in [-0.25, -0.2) is 19.3 Å². The molecule has 0 radical (unpaired) electrons. The first kappa shape index (κ1) is 45.5. The molecule has 6 unspecified atom stereocenters. The second kappa shape index (κ2) is 23.3. The van der Waals surface area contributed by atoms with Crippen molar-refractivity contribution >= 4 is 23.9 Å². The SMILES string of the molecule is CCCCCCC(=O)N(/C=C/CC1CC(O)C(C)C/C=C/Cc2cccc(O)c2C(=O)O1)C(=O)N/C=C/CC1CC(O)C(C)C/C=C/Cc2cccc(O)c2C(=O)O1. The molecule has 0 fully saturated rings. The summed E-state index contributed by atoms with van der Waals surface area (Å²) in [7, 11) is 0. The Morgan fingerprint density at radius 1 is 0.759 bits per heavy atom. The number of benzene rings is 2. The minimum Gasteiger partial charge on any atom is -0.507 e. The molecule has 2 aromatic rings. The first-order chi connectivity index (χ1) is 27.9. The molecule has 0 saturated carbocycles. The summed E-state index contributed by atoms with van der Waals surface area (Å²) >= 11 is 0. The number of unbranched alkanes of at least 4 members (excludes halogenated alkanes) is 3. The van der Waals surface area contributed by atoms with E-state index in [0.717, 1.165) is 24.2 Å². The topological polar surface area (TPSA) is 183 Å². The molecule has 2 aliphatic rings. The number of carbonyl (C=O) groups is 4. The largest absolute Gasteiger partial charge is 0.507 e. The van der Waals surface area contributed by atoms with Gasteiger partial charge in [0.25, 0.3) is 0 Å². The van der Waals surface area contributed by atoms with Gasteiger partial charge in [-0.1, -0.05) is 101 Å². The van der Waals surface area contributed by atoms with Gasteiger partial charge in [0.15, 0.2) is 0 Å². The van der Waals surface area contributed by atoms with Crippen molar-refractivity contribution in [3.8, 4) is 11.5 Å². The number of amides is 3. The van der Waals surface area contributed by atoms with E-state index in [0.29, 0.717) is 43.2 Å². The van der Waals surface area contributed by atoms with Crippen molar-refractivity contribution in [2.75, 3.05) is 0 Å². The van der Waals surface area contributed by atoms with Gasteiger partial charge >= 0.3 is 18.0 Å². The average molecular weight is 801 g/mol. The number of carbonyl (C=O) groups excluding carboxylic acids is 4. The molecule has 2 aliphatic heterocycles. The maximum absolute atomic E-state index is 13.5. The standard InChI is InChI=1S/C46H60N2O10/c1-4-5-6-7-26-41(53)48(28-15-23-36-30-40(52)32(3)17-9-11-19-34-21-13-25-38(50)43(34)45(55)58-36)46(56)47-27-14-22-35-29-39(51)31(2)16-8-10-18-33-20-12-24-37(49)42(33)44(54)57-35/h8-15,20-21,24-25,27-28,31-32,35-36,39-40,49-52H,4-7,16-19,22-23,26,29-30H2,1-3H3,(H,47,56)/b10-8+,11-9+,27-14+,28-15+. The minimum atomic E-state index is -0.835. The number of ether oxygens (including phenoxy) is 2. The van der Waals surface area contributed by atoms with E-state index < -0.39 is 48.3 Å². The Labute approximate surface area is 341 Å². The number of cyclic esters (lactones) is 2. The molecule has 3 amide bonds. The van der Waals surface area contributed by atoms with Crippen LogP contribution in [0.1, 0.15) is 123 Å². The predicted molar refractivity (Wildman–Crippen MR) is 221 cm³/mol. The van der Waals surface area contributed by atoms with E-state index in [1.807, 2.05) is 38.2 Å². The Balaban J connectivity index is 1.49. The number of nitrogens with one attached hydrogen (secondary N) is 1. The zero-order valence-electron chi connectivity index (χ0n) is 33.9. The van der Waals surface area contributed by atoms with Gasteiger partial charge < -0.3 is 35.2 Å². The number of imide groups is 1. The van der Waals surface area contributed by atoms with Crippen LogP contribution in [0.2, 0.25) is 0 Å². The first-order valence-electron chi connectivity index (χ1n) is 20.5. The quantitative estimate of drug-likeness (QED) is 0.0850. The number of fused-ring (bicyclic) bond motifs is 2. The predicted octanol–water partition coefficient (Wildman–Crippen LogP) is 7.94. The summed E-state index contributed by atoms with van der Waals surface area (Å²) in [6.45, 7) is 5.88. The van der Waals surface area contributed by atoms with Crippen LogP contribution in [0, 0.1) is 11.8 Å². The van der Waals surface area contributed by atoms with E-state index in [1.54, 1.807) is 36.4 Å². The highest BCUT2D eigenvalue weighted by Gasteiger charge is 2.28. The number of hydrogen-bond donors (Lipinski definition) is 5. The van der Waals surface area contributed by atoms with Crippen molar-refractivity contribution in [2.24, 2.45) is 11.8 Å². The van der Waals surface area contributed by atoms with Crippen LogP contribution in [0.3, 0.4) is 0 Å². The van der Waals surface area contributed by atoms with Crippen LogP contribution in [0.25, 0.3) is 0 Å². The molecule has 0 aliphatic carbocycles. The lowest BCUT2D eigenvalue weighted by molar-refractivity contribution is -0.126. The number of rotatable bonds is 11. The number of aromatic hydroxyl groups is 2. The van der Waals surface area contributed by atoms with Crippen molar-refractivity contribution < 1.29 is 49.1 Å². The third kappa shape index (κ3) is 13.7. The number of phenols is 2. The smallest absolute Gasteiger partial charge is 0.342 e. The van der Waals surface area contributed by atoms with Crippen molar-refractivity contribution in [1.82, 2.24) is 10.2 Å². The van der Waals surface area contributed by atoms with Crippen LogP contribution in [-0.2, 0) is 27.1 Å². The highest BCUT2D eigenvalue weighted by Crippen LogP contribution is 2.28. The fraction of sp³-hybridized carbons (Fsp3) is 0.478. The van der Waals surface area contributed by atoms with Crippen molar-refractivity contribution in [1.29, 1.82) is 0 Å². The molecule has 12 heteroatoms. The molecule has 2 aromatic carbocycles. The van der Waals surface area contributed by atoms with Crippen molar-refractivity contribution in [3.05, 3.63) is 108 Å². The van der Waals surface area contributed by atoms with Gasteiger partial charge in [-0.3, -0.25) is 4.79 Å². The maximum Gasteiger partial charge on any atom is 0.342 e. The molecule has 314 valence electrons. The van der Waals surface area contributed by atoms with Crippen LogP contribution < -0.4 is 5.32 Å². The van der Waals surface area contributed by atoms with Crippen molar-refractivity contribution in [3.63, 3.8) is 0 Å². The normalized spacial score (nSPS) is 24.4. The van der Waals surface area contributed by atoms with E-state index >= 15 is 0 Å². The Morgan fingerprint density at radius 3 is 1.79 bits per heavy atom. The molecule has 0 saturated heterocycles. The first-order valence-corrected chi connectivity index (χ1v) is 20.5. The molecule has 6 atom stereocenters. The van der Waals surface area contributed by atoms with Gasteiger partial charge in [-0.05, 0) is 67.2 Å². The summed E-state index contributed by atoms with van der Waals surface area (Å²) in [5.74, 6) is -2.56. The van der Waals surface area contributed by atoms with Crippen LogP contribution in [0.4, 0.5) is 4.79 Å². The number of allylic oxidation sites excluding steroid dienone is 4. The Morgan fingerprint density at radius 2 is 1.28 bits per heavy atom. The number of aliphatic hydroxyl groups excluding tert-OH is 2. The number of aliphatic hydroxyl groups is 2. The van der Waals surface area contributed by atoms with Crippen LogP contribution in [-0.4, -0.2) is 73.6 Å². The number of esters is 2. The highest BCUT2D eigenvalue weighted by molar-refractivity contribution is 5.96. The Kier molecular flexibility index (Phi) is 18.3. The average Bonchev–Trinajstić information content (AvgIpc) is 3.18. The second-order valence-corrected chi connectivity index (χ2v) is 15.3. The Bertz CT molecular complexity index is 1820. The van der Waals surface area contributed by atoms with Gasteiger partial charge in [0.05, 0.1) is 12.2 Å². The zero-order chi connectivity index (χ0) is 42.0. The molecule has 0 spiro atoms. The molecular weight excluding hydrogens is 741 g/mol. The second-order valence-electron chi connectivity index (χ2n) is 15.3. The lowest BCUT2D eigenvalue weighted by atomic mass is 9.93. The van der Waals surface area contributed by atoms with Gasteiger partial charge in [0.1, 0.15) is 34.8 Å². The lowest BCUT2D eigenvalue weighted by Crippen LogP contribution is -2.38. The summed E-state index contributed by atoms with van der Waals surface area (Å²) < 4.78 is 11.7. The monoisotopic (exact) mass is 800 g/mol. The Hall–Kier alpha value is -5.20. The summed E-state index contributed by atoms with van der Waals surface area (Å²) in [4.78, 5) is 54.6. The molecule has 4 rings (SSSR count). The molecular formula is C46H60N2O10. The fourth-order valence-corrected chi connectivity index (χ4v) is 6.98. The van der Waals surface area contributed by atoms with Crippen molar-refractivity contribution in [2.45, 2.75) is 129 Å². The maximum atomic E-state index is 13.5. The van der Waals surface area contributed by atoms with Crippen LogP contribution in [0.15, 0.2) is 85.3 Å². The number of nitrogens with zero attached hydrogens (tertiary/aromatic N) is 1. The minimum absolute atomic E-state index is 0.0506. The third-order valence-corrected chi connectivity index (χ3v) is 10.7. The van der Waals surface area contributed by atoms with Gasteiger partial charge in [-0.15, -0.1) is 0 Å². The number of urea groups is 1. The van der Waals surface area contributed by atoms with Gasteiger partial charge in [-0.2, -0.15) is 0 Å². The summed E-state index contributed by atoms with van der Waals surface area (Å²) in [5, 5.41) is 45.6. The van der Waals surface area contributed by atoms with E-state index in [-0.39, 0.29) is 66.6 Å². The lowest BCUT2D eigenvalue weighted by Gasteiger charge is -2.25.